The maximum atomic E-state index is 12.1. The SMILES string of the molecule is Cc1cccc(CCC(=O)c2cccc(Cl)c2Cl)c1. The van der Waals surface area contributed by atoms with Gasteiger partial charge in [-0.1, -0.05) is 59.1 Å². The van der Waals surface area contributed by atoms with E-state index >= 15 is 0 Å². The fourth-order valence-electron chi connectivity index (χ4n) is 1.98. The summed E-state index contributed by atoms with van der Waals surface area (Å²) in [5.41, 5.74) is 2.86. The molecular weight excluding hydrogens is 279 g/mol. The molecule has 98 valence electrons. The van der Waals surface area contributed by atoms with Gasteiger partial charge in [0, 0.05) is 12.0 Å². The summed E-state index contributed by atoms with van der Waals surface area (Å²) in [7, 11) is 0. The van der Waals surface area contributed by atoms with Gasteiger partial charge in [0.05, 0.1) is 10.0 Å². The molecule has 0 fully saturated rings. The Bertz CT molecular complexity index is 605. The van der Waals surface area contributed by atoms with Gasteiger partial charge in [0.2, 0.25) is 0 Å². The van der Waals surface area contributed by atoms with Crippen molar-refractivity contribution in [1.82, 2.24) is 0 Å². The lowest BCUT2D eigenvalue weighted by atomic mass is 10.0. The first kappa shape index (κ1) is 14.1. The van der Waals surface area contributed by atoms with Crippen LogP contribution in [0.2, 0.25) is 10.0 Å². The first-order chi connectivity index (χ1) is 9.08. The highest BCUT2D eigenvalue weighted by atomic mass is 35.5. The quantitative estimate of drug-likeness (QED) is 0.715. The molecule has 0 atom stereocenters. The largest absolute Gasteiger partial charge is 0.294 e. The molecule has 0 unspecified atom stereocenters. The van der Waals surface area contributed by atoms with Crippen molar-refractivity contribution in [1.29, 1.82) is 0 Å². The molecule has 0 saturated heterocycles. The molecule has 0 saturated carbocycles. The van der Waals surface area contributed by atoms with E-state index in [0.717, 1.165) is 5.56 Å². The minimum absolute atomic E-state index is 0.0222. The number of Topliss-reactive ketones (excluding diaryl/α,β-unsaturated/α-hetero) is 1. The van der Waals surface area contributed by atoms with Gasteiger partial charge < -0.3 is 0 Å². The van der Waals surface area contributed by atoms with E-state index in [1.807, 2.05) is 25.1 Å². The molecule has 0 bridgehead atoms. The molecule has 0 aliphatic rings. The molecule has 2 aromatic carbocycles. The summed E-state index contributed by atoms with van der Waals surface area (Å²) >= 11 is 12.0. The maximum Gasteiger partial charge on any atom is 0.164 e. The van der Waals surface area contributed by atoms with Crippen LogP contribution >= 0.6 is 23.2 Å². The first-order valence-electron chi connectivity index (χ1n) is 6.10. The van der Waals surface area contributed by atoms with Gasteiger partial charge in [0.25, 0.3) is 0 Å². The van der Waals surface area contributed by atoms with Gasteiger partial charge in [-0.25, -0.2) is 0 Å². The molecule has 19 heavy (non-hydrogen) atoms. The van der Waals surface area contributed by atoms with Crippen molar-refractivity contribution < 1.29 is 4.79 Å². The summed E-state index contributed by atoms with van der Waals surface area (Å²) < 4.78 is 0. The van der Waals surface area contributed by atoms with Crippen molar-refractivity contribution >= 4 is 29.0 Å². The van der Waals surface area contributed by atoms with Crippen molar-refractivity contribution in [2.45, 2.75) is 19.8 Å². The van der Waals surface area contributed by atoms with E-state index in [1.165, 1.54) is 5.56 Å². The second-order valence-corrected chi connectivity index (χ2v) is 5.30. The van der Waals surface area contributed by atoms with Crippen molar-refractivity contribution in [3.63, 3.8) is 0 Å². The van der Waals surface area contributed by atoms with Gasteiger partial charge in [0.1, 0.15) is 0 Å². The molecule has 1 nitrogen and oxygen atoms in total. The molecule has 0 spiro atoms. The summed E-state index contributed by atoms with van der Waals surface area (Å²) in [6, 6.07) is 13.3. The van der Waals surface area contributed by atoms with E-state index in [4.69, 9.17) is 23.2 Å². The fourth-order valence-corrected chi connectivity index (χ4v) is 2.39. The number of rotatable bonds is 4. The van der Waals surface area contributed by atoms with Gasteiger partial charge in [-0.2, -0.15) is 0 Å². The normalized spacial score (nSPS) is 10.5. The zero-order chi connectivity index (χ0) is 13.8. The standard InChI is InChI=1S/C16H14Cl2O/c1-11-4-2-5-12(10-11)8-9-15(19)13-6-3-7-14(17)16(13)18/h2-7,10H,8-9H2,1H3. The van der Waals surface area contributed by atoms with Gasteiger partial charge in [0.15, 0.2) is 5.78 Å². The molecule has 0 aliphatic heterocycles. The molecule has 2 rings (SSSR count). The monoisotopic (exact) mass is 292 g/mol. The zero-order valence-corrected chi connectivity index (χ0v) is 12.1. The average molecular weight is 293 g/mol. The third kappa shape index (κ3) is 3.59. The van der Waals surface area contributed by atoms with E-state index in [9.17, 15) is 4.79 Å². The highest BCUT2D eigenvalue weighted by Crippen LogP contribution is 2.26. The van der Waals surface area contributed by atoms with Crippen LogP contribution in [-0.4, -0.2) is 5.78 Å². The lowest BCUT2D eigenvalue weighted by Crippen LogP contribution is -2.02. The van der Waals surface area contributed by atoms with Crippen LogP contribution in [0.4, 0.5) is 0 Å². The van der Waals surface area contributed by atoms with E-state index in [0.29, 0.717) is 28.5 Å². The highest BCUT2D eigenvalue weighted by molar-refractivity contribution is 6.43. The predicted molar refractivity (Wildman–Crippen MR) is 80.3 cm³/mol. The molecule has 0 amide bonds. The number of benzene rings is 2. The van der Waals surface area contributed by atoms with Crippen LogP contribution in [0.3, 0.4) is 0 Å². The smallest absolute Gasteiger partial charge is 0.164 e. The van der Waals surface area contributed by atoms with Crippen molar-refractivity contribution in [3.8, 4) is 0 Å². The minimum Gasteiger partial charge on any atom is -0.294 e. The number of hydrogen-bond donors (Lipinski definition) is 0. The van der Waals surface area contributed by atoms with Crippen molar-refractivity contribution in [2.24, 2.45) is 0 Å². The molecular formula is C16H14Cl2O. The predicted octanol–water partition coefficient (Wildman–Crippen LogP) is 5.12. The van der Waals surface area contributed by atoms with Crippen LogP contribution in [0.25, 0.3) is 0 Å². The van der Waals surface area contributed by atoms with E-state index in [-0.39, 0.29) is 5.78 Å². The Labute approximate surface area is 123 Å². The summed E-state index contributed by atoms with van der Waals surface area (Å²) in [4.78, 5) is 12.1. The van der Waals surface area contributed by atoms with Crippen LogP contribution in [0.1, 0.15) is 27.9 Å². The molecule has 0 aromatic heterocycles. The molecule has 3 heteroatoms. The lowest BCUT2D eigenvalue weighted by Gasteiger charge is -2.05. The summed E-state index contributed by atoms with van der Waals surface area (Å²) in [6.07, 6.45) is 1.15. The van der Waals surface area contributed by atoms with Crippen LogP contribution in [0, 0.1) is 6.92 Å². The van der Waals surface area contributed by atoms with Gasteiger partial charge in [-0.15, -0.1) is 0 Å². The summed E-state index contributed by atoms with van der Waals surface area (Å²) in [6.45, 7) is 2.04. The molecule has 0 radical (unpaired) electrons. The third-order valence-electron chi connectivity index (χ3n) is 2.98. The minimum atomic E-state index is 0.0222. The maximum absolute atomic E-state index is 12.1. The average Bonchev–Trinajstić information content (AvgIpc) is 2.39. The third-order valence-corrected chi connectivity index (χ3v) is 3.79. The number of carbonyl (C=O) groups is 1. The second kappa shape index (κ2) is 6.23. The van der Waals surface area contributed by atoms with Gasteiger partial charge in [-0.05, 0) is 31.0 Å². The van der Waals surface area contributed by atoms with E-state index in [2.05, 4.69) is 6.07 Å². The topological polar surface area (TPSA) is 17.1 Å². The van der Waals surface area contributed by atoms with E-state index < -0.39 is 0 Å². The summed E-state index contributed by atoms with van der Waals surface area (Å²) in [5, 5.41) is 0.765. The Balaban J connectivity index is 2.08. The Hall–Kier alpha value is -1.31. The lowest BCUT2D eigenvalue weighted by molar-refractivity contribution is 0.0983. The summed E-state index contributed by atoms with van der Waals surface area (Å²) in [5.74, 6) is 0.0222. The molecule has 2 aromatic rings. The molecule has 0 heterocycles. The van der Waals surface area contributed by atoms with Gasteiger partial charge in [-0.3, -0.25) is 4.79 Å². The highest BCUT2D eigenvalue weighted by Gasteiger charge is 2.12. The van der Waals surface area contributed by atoms with Crippen LogP contribution in [0.5, 0.6) is 0 Å². The van der Waals surface area contributed by atoms with E-state index in [1.54, 1.807) is 18.2 Å². The van der Waals surface area contributed by atoms with Crippen molar-refractivity contribution in [3.05, 3.63) is 69.2 Å². The Morgan fingerprint density at radius 1 is 1.11 bits per heavy atom. The number of ketones is 1. The number of carbonyl (C=O) groups excluding carboxylic acids is 1. The number of hydrogen-bond acceptors (Lipinski definition) is 1. The zero-order valence-electron chi connectivity index (χ0n) is 10.6. The Morgan fingerprint density at radius 3 is 2.58 bits per heavy atom. The Kier molecular flexibility index (Phi) is 4.62. The Morgan fingerprint density at radius 2 is 1.84 bits per heavy atom. The molecule has 0 N–H and O–H groups in total. The van der Waals surface area contributed by atoms with Crippen molar-refractivity contribution in [2.75, 3.05) is 0 Å². The molecule has 0 aliphatic carbocycles. The van der Waals surface area contributed by atoms with Crippen LogP contribution in [-0.2, 0) is 6.42 Å². The number of aryl methyl sites for hydroxylation is 2. The first-order valence-corrected chi connectivity index (χ1v) is 6.86. The van der Waals surface area contributed by atoms with Crippen LogP contribution in [0.15, 0.2) is 42.5 Å². The second-order valence-electron chi connectivity index (χ2n) is 4.51. The fraction of sp³-hybridized carbons (Fsp3) is 0.188. The number of halogens is 2. The van der Waals surface area contributed by atoms with Crippen LogP contribution < -0.4 is 0 Å². The van der Waals surface area contributed by atoms with Gasteiger partial charge >= 0.3 is 0 Å².